The van der Waals surface area contributed by atoms with E-state index in [1.54, 1.807) is 11.3 Å². The first kappa shape index (κ1) is 14.2. The third kappa shape index (κ3) is 2.45. The largest absolute Gasteiger partial charge is 0.371 e. The van der Waals surface area contributed by atoms with Gasteiger partial charge in [-0.15, -0.1) is 11.3 Å². The smallest absolute Gasteiger partial charge is 0.126 e. The highest BCUT2D eigenvalue weighted by molar-refractivity contribution is 9.10. The molecule has 1 aliphatic carbocycles. The average molecular weight is 352 g/mol. The maximum Gasteiger partial charge on any atom is 0.126 e. The van der Waals surface area contributed by atoms with Gasteiger partial charge in [-0.25, -0.2) is 4.98 Å². The molecule has 0 spiro atoms. The number of aryl methyl sites for hydroxylation is 1. The van der Waals surface area contributed by atoms with Crippen LogP contribution in [-0.4, -0.2) is 12.1 Å². The Balaban J connectivity index is 2.03. The van der Waals surface area contributed by atoms with Crippen LogP contribution < -0.4 is 0 Å². The molecular weight excluding hydrogens is 334 g/mol. The predicted octanol–water partition coefficient (Wildman–Crippen LogP) is 5.30. The lowest BCUT2D eigenvalue weighted by Crippen LogP contribution is -2.24. The van der Waals surface area contributed by atoms with Crippen LogP contribution in [0.15, 0.2) is 28.7 Å². The maximum atomic E-state index is 5.85. The van der Waals surface area contributed by atoms with E-state index in [1.807, 2.05) is 13.2 Å². The number of benzene rings is 1. The summed E-state index contributed by atoms with van der Waals surface area (Å²) in [6, 6.07) is 8.34. The van der Waals surface area contributed by atoms with Crippen molar-refractivity contribution in [3.8, 4) is 11.3 Å². The molecule has 1 aromatic carbocycles. The van der Waals surface area contributed by atoms with E-state index in [4.69, 9.17) is 9.72 Å². The van der Waals surface area contributed by atoms with E-state index in [1.165, 1.54) is 23.3 Å². The molecule has 2 aromatic rings. The molecule has 0 unspecified atom stereocenters. The fourth-order valence-electron chi connectivity index (χ4n) is 2.95. The molecular formula is C16H18BrNOS. The van der Waals surface area contributed by atoms with Crippen molar-refractivity contribution in [3.05, 3.63) is 38.6 Å². The Morgan fingerprint density at radius 3 is 2.70 bits per heavy atom. The van der Waals surface area contributed by atoms with E-state index >= 15 is 0 Å². The van der Waals surface area contributed by atoms with Gasteiger partial charge in [0, 0.05) is 22.0 Å². The van der Waals surface area contributed by atoms with Crippen molar-refractivity contribution < 1.29 is 4.74 Å². The molecule has 20 heavy (non-hydrogen) atoms. The zero-order chi connectivity index (χ0) is 14.2. The summed E-state index contributed by atoms with van der Waals surface area (Å²) in [4.78, 5) is 6.18. The quantitative estimate of drug-likeness (QED) is 0.748. The van der Waals surface area contributed by atoms with Gasteiger partial charge in [0.1, 0.15) is 10.6 Å². The highest BCUT2D eigenvalue weighted by atomic mass is 79.9. The average Bonchev–Trinajstić information content (AvgIpc) is 3.06. The second-order valence-corrected chi connectivity index (χ2v) is 7.46. The Labute approximate surface area is 132 Å². The minimum atomic E-state index is -0.139. The van der Waals surface area contributed by atoms with Crippen LogP contribution in [0.25, 0.3) is 11.3 Å². The number of methoxy groups -OCH3 is 1. The van der Waals surface area contributed by atoms with Crippen LogP contribution in [0.2, 0.25) is 0 Å². The molecule has 106 valence electrons. The number of thiazole rings is 1. The molecule has 1 aliphatic rings. The molecule has 1 fully saturated rings. The van der Waals surface area contributed by atoms with Crippen molar-refractivity contribution in [3.63, 3.8) is 0 Å². The van der Waals surface area contributed by atoms with Crippen LogP contribution in [0.4, 0.5) is 0 Å². The second-order valence-electron chi connectivity index (χ2n) is 5.34. The van der Waals surface area contributed by atoms with E-state index in [2.05, 4.69) is 41.1 Å². The van der Waals surface area contributed by atoms with Gasteiger partial charge in [-0.1, -0.05) is 40.9 Å². The molecule has 0 bridgehead atoms. The number of halogens is 1. The number of ether oxygens (including phenoxy) is 1. The molecule has 0 saturated heterocycles. The van der Waals surface area contributed by atoms with Crippen LogP contribution in [0.3, 0.4) is 0 Å². The van der Waals surface area contributed by atoms with Crippen LogP contribution >= 0.6 is 27.3 Å². The summed E-state index contributed by atoms with van der Waals surface area (Å²) in [6.45, 7) is 2.15. The molecule has 0 atom stereocenters. The molecule has 3 rings (SSSR count). The van der Waals surface area contributed by atoms with E-state index in [9.17, 15) is 0 Å². The normalized spacial score (nSPS) is 17.6. The monoisotopic (exact) mass is 351 g/mol. The number of hydrogen-bond donors (Lipinski definition) is 0. The van der Waals surface area contributed by atoms with Crippen molar-refractivity contribution in [2.45, 2.75) is 38.2 Å². The molecule has 0 N–H and O–H groups in total. The number of hydrogen-bond acceptors (Lipinski definition) is 3. The third-order valence-corrected chi connectivity index (χ3v) is 5.74. The van der Waals surface area contributed by atoms with Gasteiger partial charge in [0.15, 0.2) is 0 Å². The lowest BCUT2D eigenvalue weighted by atomic mass is 10.0. The van der Waals surface area contributed by atoms with Crippen molar-refractivity contribution in [1.29, 1.82) is 0 Å². The molecule has 0 aliphatic heterocycles. The van der Waals surface area contributed by atoms with Gasteiger partial charge in [-0.05, 0) is 31.9 Å². The fourth-order valence-corrected chi connectivity index (χ4v) is 4.51. The number of nitrogens with zero attached hydrogens (tertiary/aromatic N) is 1. The Hall–Kier alpha value is -0.710. The first-order chi connectivity index (χ1) is 9.64. The van der Waals surface area contributed by atoms with Gasteiger partial charge >= 0.3 is 0 Å². The summed E-state index contributed by atoms with van der Waals surface area (Å²) in [5, 5.41) is 1.14. The standard InChI is InChI=1S/C16H18BrNOS/c1-11-14(12-6-5-7-13(17)10-12)18-15(20-11)16(19-2)8-3-4-9-16/h5-7,10H,3-4,8-9H2,1-2H3. The zero-order valence-electron chi connectivity index (χ0n) is 11.8. The summed E-state index contributed by atoms with van der Waals surface area (Å²) in [5.41, 5.74) is 2.12. The summed E-state index contributed by atoms with van der Waals surface area (Å²) in [5.74, 6) is 0. The lowest BCUT2D eigenvalue weighted by molar-refractivity contribution is -0.00879. The van der Waals surface area contributed by atoms with E-state index in [0.717, 1.165) is 28.0 Å². The van der Waals surface area contributed by atoms with Crippen LogP contribution in [0.1, 0.15) is 35.6 Å². The second kappa shape index (κ2) is 5.58. The van der Waals surface area contributed by atoms with Crippen molar-refractivity contribution in [2.24, 2.45) is 0 Å². The molecule has 1 aromatic heterocycles. The first-order valence-electron chi connectivity index (χ1n) is 6.94. The van der Waals surface area contributed by atoms with Crippen LogP contribution in [-0.2, 0) is 10.3 Å². The molecule has 1 heterocycles. The van der Waals surface area contributed by atoms with Crippen LogP contribution in [0, 0.1) is 6.92 Å². The maximum absolute atomic E-state index is 5.85. The van der Waals surface area contributed by atoms with Crippen molar-refractivity contribution in [2.75, 3.05) is 7.11 Å². The zero-order valence-corrected chi connectivity index (χ0v) is 14.2. The van der Waals surface area contributed by atoms with Gasteiger partial charge in [-0.3, -0.25) is 0 Å². The summed E-state index contributed by atoms with van der Waals surface area (Å²) < 4.78 is 6.94. The minimum absolute atomic E-state index is 0.139. The van der Waals surface area contributed by atoms with E-state index in [0.29, 0.717) is 0 Å². The van der Waals surface area contributed by atoms with E-state index in [-0.39, 0.29) is 5.60 Å². The van der Waals surface area contributed by atoms with Crippen LogP contribution in [0.5, 0.6) is 0 Å². The summed E-state index contributed by atoms with van der Waals surface area (Å²) in [7, 11) is 1.82. The Kier molecular flexibility index (Phi) is 3.98. The minimum Gasteiger partial charge on any atom is -0.371 e. The lowest BCUT2D eigenvalue weighted by Gasteiger charge is -2.24. The highest BCUT2D eigenvalue weighted by Gasteiger charge is 2.39. The third-order valence-electron chi connectivity index (χ3n) is 4.09. The first-order valence-corrected chi connectivity index (χ1v) is 8.54. The fraction of sp³-hybridized carbons (Fsp3) is 0.438. The van der Waals surface area contributed by atoms with Gasteiger partial charge < -0.3 is 4.74 Å². The molecule has 0 radical (unpaired) electrons. The molecule has 4 heteroatoms. The molecule has 2 nitrogen and oxygen atoms in total. The number of rotatable bonds is 3. The highest BCUT2D eigenvalue weighted by Crippen LogP contribution is 2.45. The topological polar surface area (TPSA) is 22.1 Å². The molecule has 0 amide bonds. The SMILES string of the molecule is COC1(c2nc(-c3cccc(Br)c3)c(C)s2)CCCC1. The van der Waals surface area contributed by atoms with E-state index < -0.39 is 0 Å². The predicted molar refractivity (Wildman–Crippen MR) is 87.1 cm³/mol. The summed E-state index contributed by atoms with van der Waals surface area (Å²) in [6.07, 6.45) is 4.65. The Bertz CT molecular complexity index is 617. The van der Waals surface area contributed by atoms with Crippen molar-refractivity contribution >= 4 is 27.3 Å². The Morgan fingerprint density at radius 2 is 2.05 bits per heavy atom. The van der Waals surface area contributed by atoms with Gasteiger partial charge in [0.05, 0.1) is 5.69 Å². The van der Waals surface area contributed by atoms with Gasteiger partial charge in [0.2, 0.25) is 0 Å². The van der Waals surface area contributed by atoms with Gasteiger partial charge in [-0.2, -0.15) is 0 Å². The summed E-state index contributed by atoms with van der Waals surface area (Å²) >= 11 is 5.32. The van der Waals surface area contributed by atoms with Crippen molar-refractivity contribution in [1.82, 2.24) is 4.98 Å². The Morgan fingerprint density at radius 1 is 1.30 bits per heavy atom. The van der Waals surface area contributed by atoms with Gasteiger partial charge in [0.25, 0.3) is 0 Å². The molecule has 1 saturated carbocycles. The number of aromatic nitrogens is 1.